The second-order valence-electron chi connectivity index (χ2n) is 6.20. The van der Waals surface area contributed by atoms with E-state index >= 15 is 0 Å². The van der Waals surface area contributed by atoms with Gasteiger partial charge in [0.1, 0.15) is 5.70 Å². The van der Waals surface area contributed by atoms with Crippen molar-refractivity contribution in [2.75, 3.05) is 26.2 Å². The van der Waals surface area contributed by atoms with Gasteiger partial charge >= 0.3 is 0 Å². The molecule has 0 fully saturated rings. The molecule has 0 spiro atoms. The molecule has 2 amide bonds. The maximum Gasteiger partial charge on any atom is 0.267 e. The number of amides is 2. The summed E-state index contributed by atoms with van der Waals surface area (Å²) >= 11 is 0. The fourth-order valence-electron chi connectivity index (χ4n) is 2.68. The predicted octanol–water partition coefficient (Wildman–Crippen LogP) is 2.25. The number of carbonyl (C=O) groups excluding carboxylic acids is 2. The largest absolute Gasteiger partial charge is 0.351 e. The van der Waals surface area contributed by atoms with Crippen molar-refractivity contribution in [2.24, 2.45) is 7.05 Å². The van der Waals surface area contributed by atoms with Crippen molar-refractivity contribution in [1.29, 1.82) is 0 Å². The molecular weight excluding hydrogens is 340 g/mol. The first-order valence-corrected chi connectivity index (χ1v) is 9.25. The molecule has 1 aromatic heterocycles. The number of aryl methyl sites for hydroxylation is 1. The van der Waals surface area contributed by atoms with Gasteiger partial charge in [0.25, 0.3) is 11.8 Å². The number of hydrogen-bond donors (Lipinski definition) is 2. The Balaban J connectivity index is 2.12. The van der Waals surface area contributed by atoms with E-state index < -0.39 is 0 Å². The standard InChI is InChI=1S/C21H28N4O2/c1-4-25(5-2)15-13-22-21(27)19(16-18-12-9-14-24(18)3)23-20(26)17-10-7-6-8-11-17/h6-12,14,16H,4-5,13,15H2,1-3H3,(H,22,27)(H,23,26)/b19-16+. The van der Waals surface area contributed by atoms with Crippen molar-refractivity contribution in [1.82, 2.24) is 20.1 Å². The summed E-state index contributed by atoms with van der Waals surface area (Å²) in [6.45, 7) is 7.33. The lowest BCUT2D eigenvalue weighted by Crippen LogP contribution is -2.39. The quantitative estimate of drug-likeness (QED) is 0.667. The Hall–Kier alpha value is -2.86. The van der Waals surface area contributed by atoms with E-state index in [1.54, 1.807) is 30.3 Å². The van der Waals surface area contributed by atoms with Crippen molar-refractivity contribution >= 4 is 17.9 Å². The zero-order valence-corrected chi connectivity index (χ0v) is 16.2. The third kappa shape index (κ3) is 6.11. The van der Waals surface area contributed by atoms with Gasteiger partial charge in [-0.05, 0) is 43.4 Å². The maximum atomic E-state index is 12.7. The highest BCUT2D eigenvalue weighted by Gasteiger charge is 2.15. The molecule has 144 valence electrons. The summed E-state index contributed by atoms with van der Waals surface area (Å²) in [7, 11) is 1.89. The summed E-state index contributed by atoms with van der Waals surface area (Å²) in [4.78, 5) is 27.4. The summed E-state index contributed by atoms with van der Waals surface area (Å²) in [5.74, 6) is -0.609. The molecule has 27 heavy (non-hydrogen) atoms. The van der Waals surface area contributed by atoms with Crippen molar-refractivity contribution in [2.45, 2.75) is 13.8 Å². The van der Waals surface area contributed by atoms with Crippen LogP contribution >= 0.6 is 0 Å². The molecule has 2 N–H and O–H groups in total. The van der Waals surface area contributed by atoms with Gasteiger partial charge in [-0.2, -0.15) is 0 Å². The summed E-state index contributed by atoms with van der Waals surface area (Å²) < 4.78 is 1.89. The van der Waals surface area contributed by atoms with Gasteiger partial charge in [0.15, 0.2) is 0 Å². The van der Waals surface area contributed by atoms with E-state index in [4.69, 9.17) is 0 Å². The summed E-state index contributed by atoms with van der Waals surface area (Å²) in [6, 6.07) is 12.6. The Kier molecular flexibility index (Phi) is 7.82. The molecule has 0 atom stereocenters. The lowest BCUT2D eigenvalue weighted by atomic mass is 10.2. The Bertz CT molecular complexity index is 776. The molecule has 0 saturated carbocycles. The van der Waals surface area contributed by atoms with Gasteiger partial charge in [-0.15, -0.1) is 0 Å². The van der Waals surface area contributed by atoms with Crippen LogP contribution in [0.2, 0.25) is 0 Å². The SMILES string of the molecule is CCN(CC)CCNC(=O)/C(=C\c1cccn1C)NC(=O)c1ccccc1. The van der Waals surface area contributed by atoms with Crippen LogP contribution in [-0.4, -0.2) is 47.5 Å². The molecule has 2 rings (SSSR count). The minimum atomic E-state index is -0.310. The number of rotatable bonds is 9. The monoisotopic (exact) mass is 368 g/mol. The molecule has 2 aromatic rings. The Labute approximate surface area is 160 Å². The van der Waals surface area contributed by atoms with Crippen LogP contribution in [0.25, 0.3) is 6.08 Å². The first-order chi connectivity index (χ1) is 13.0. The molecule has 0 aliphatic carbocycles. The molecule has 6 nitrogen and oxygen atoms in total. The highest BCUT2D eigenvalue weighted by Crippen LogP contribution is 2.07. The molecular formula is C21H28N4O2. The van der Waals surface area contributed by atoms with Gasteiger partial charge < -0.3 is 20.1 Å². The van der Waals surface area contributed by atoms with Crippen LogP contribution in [0, 0.1) is 0 Å². The maximum absolute atomic E-state index is 12.7. The highest BCUT2D eigenvalue weighted by atomic mass is 16.2. The van der Waals surface area contributed by atoms with Gasteiger partial charge in [0.2, 0.25) is 0 Å². The second kappa shape index (κ2) is 10.3. The van der Waals surface area contributed by atoms with Crippen molar-refractivity contribution < 1.29 is 9.59 Å². The number of benzene rings is 1. The van der Waals surface area contributed by atoms with E-state index in [1.807, 2.05) is 36.0 Å². The molecule has 0 aliphatic rings. The number of nitrogens with one attached hydrogen (secondary N) is 2. The highest BCUT2D eigenvalue weighted by molar-refractivity contribution is 6.05. The van der Waals surface area contributed by atoms with Crippen LogP contribution in [0.3, 0.4) is 0 Å². The Morgan fingerprint density at radius 2 is 1.78 bits per heavy atom. The molecule has 1 heterocycles. The number of likely N-dealkylation sites (N-methyl/N-ethyl adjacent to an activating group) is 1. The summed E-state index contributed by atoms with van der Waals surface area (Å²) in [5, 5.41) is 5.65. The van der Waals surface area contributed by atoms with E-state index in [1.165, 1.54) is 0 Å². The number of nitrogens with zero attached hydrogens (tertiary/aromatic N) is 2. The Morgan fingerprint density at radius 1 is 1.07 bits per heavy atom. The number of carbonyl (C=O) groups is 2. The molecule has 0 radical (unpaired) electrons. The van der Waals surface area contributed by atoms with Crippen molar-refractivity contribution in [3.05, 3.63) is 65.6 Å². The summed E-state index contributed by atoms with van der Waals surface area (Å²) in [6.07, 6.45) is 3.58. The van der Waals surface area contributed by atoms with Crippen LogP contribution < -0.4 is 10.6 Å². The normalized spacial score (nSPS) is 11.5. The lowest BCUT2D eigenvalue weighted by Gasteiger charge is -2.18. The second-order valence-corrected chi connectivity index (χ2v) is 6.20. The van der Waals surface area contributed by atoms with Gasteiger partial charge in [0, 0.05) is 37.6 Å². The fraction of sp³-hybridized carbons (Fsp3) is 0.333. The van der Waals surface area contributed by atoms with Crippen molar-refractivity contribution in [3.8, 4) is 0 Å². The molecule has 0 unspecified atom stereocenters. The average molecular weight is 368 g/mol. The summed E-state index contributed by atoms with van der Waals surface area (Å²) in [5.41, 5.74) is 1.56. The van der Waals surface area contributed by atoms with Gasteiger partial charge in [0.05, 0.1) is 0 Å². The average Bonchev–Trinajstić information content (AvgIpc) is 3.09. The third-order valence-corrected chi connectivity index (χ3v) is 4.41. The van der Waals surface area contributed by atoms with Crippen LogP contribution in [-0.2, 0) is 11.8 Å². The first kappa shape index (κ1) is 20.5. The zero-order valence-electron chi connectivity index (χ0n) is 16.2. The minimum Gasteiger partial charge on any atom is -0.351 e. The van der Waals surface area contributed by atoms with E-state index in [0.717, 1.165) is 25.3 Å². The Morgan fingerprint density at radius 3 is 2.37 bits per heavy atom. The van der Waals surface area contributed by atoms with Crippen LogP contribution in [0.4, 0.5) is 0 Å². The third-order valence-electron chi connectivity index (χ3n) is 4.41. The van der Waals surface area contributed by atoms with E-state index in [0.29, 0.717) is 12.1 Å². The molecule has 0 aliphatic heterocycles. The van der Waals surface area contributed by atoms with E-state index in [-0.39, 0.29) is 17.5 Å². The first-order valence-electron chi connectivity index (χ1n) is 9.25. The molecule has 0 saturated heterocycles. The van der Waals surface area contributed by atoms with E-state index in [2.05, 4.69) is 29.4 Å². The van der Waals surface area contributed by atoms with Gasteiger partial charge in [-0.25, -0.2) is 0 Å². The lowest BCUT2D eigenvalue weighted by molar-refractivity contribution is -0.117. The van der Waals surface area contributed by atoms with Crippen molar-refractivity contribution in [3.63, 3.8) is 0 Å². The van der Waals surface area contributed by atoms with E-state index in [9.17, 15) is 9.59 Å². The topological polar surface area (TPSA) is 66.4 Å². The molecule has 1 aromatic carbocycles. The zero-order chi connectivity index (χ0) is 19.6. The van der Waals surface area contributed by atoms with Crippen LogP contribution in [0.1, 0.15) is 29.9 Å². The predicted molar refractivity (Wildman–Crippen MR) is 108 cm³/mol. The van der Waals surface area contributed by atoms with Gasteiger partial charge in [-0.3, -0.25) is 9.59 Å². The number of hydrogen-bond acceptors (Lipinski definition) is 3. The smallest absolute Gasteiger partial charge is 0.267 e. The minimum absolute atomic E-state index is 0.227. The fourth-order valence-corrected chi connectivity index (χ4v) is 2.68. The molecule has 6 heteroatoms. The number of aromatic nitrogens is 1. The van der Waals surface area contributed by atoms with Crippen LogP contribution in [0.15, 0.2) is 54.4 Å². The van der Waals surface area contributed by atoms with Crippen LogP contribution in [0.5, 0.6) is 0 Å². The molecule has 0 bridgehead atoms. The van der Waals surface area contributed by atoms with Gasteiger partial charge in [-0.1, -0.05) is 32.0 Å².